The number of carbonyl (C=O) groups excluding carboxylic acids is 1. The molecule has 0 bridgehead atoms. The Bertz CT molecular complexity index is 1050. The minimum absolute atomic E-state index is 0.0250. The van der Waals surface area contributed by atoms with Crippen LogP contribution in [0.5, 0.6) is 5.75 Å². The molecule has 140 valence electrons. The van der Waals surface area contributed by atoms with Gasteiger partial charge in [0, 0.05) is 21.1 Å². The number of aryl methyl sites for hydroxylation is 1. The van der Waals surface area contributed by atoms with E-state index in [-0.39, 0.29) is 12.5 Å². The number of aromatic nitrogens is 1. The quantitative estimate of drug-likeness (QED) is 0.503. The third-order valence-corrected chi connectivity index (χ3v) is 5.24. The lowest BCUT2D eigenvalue weighted by Gasteiger charge is -2.11. The molecule has 0 atom stereocenters. The van der Waals surface area contributed by atoms with Crippen molar-refractivity contribution in [2.75, 3.05) is 20.7 Å². The molecule has 0 saturated carbocycles. The van der Waals surface area contributed by atoms with E-state index in [1.54, 1.807) is 25.4 Å². The summed E-state index contributed by atoms with van der Waals surface area (Å²) in [5.41, 5.74) is 2.90. The molecule has 6 nitrogen and oxygen atoms in total. The average molecular weight is 382 g/mol. The molecule has 3 aromatic rings. The molecule has 0 unspecified atom stereocenters. The molecule has 1 aromatic heterocycles. The van der Waals surface area contributed by atoms with E-state index >= 15 is 0 Å². The molecule has 0 aliphatic carbocycles. The number of thiazole rings is 1. The van der Waals surface area contributed by atoms with Crippen LogP contribution in [0.2, 0.25) is 0 Å². The number of rotatable bonds is 5. The summed E-state index contributed by atoms with van der Waals surface area (Å²) in [4.78, 5) is 13.9. The van der Waals surface area contributed by atoms with Crippen molar-refractivity contribution in [3.05, 3.63) is 58.9 Å². The Kier molecular flexibility index (Phi) is 5.71. The zero-order valence-electron chi connectivity index (χ0n) is 15.8. The van der Waals surface area contributed by atoms with Crippen LogP contribution in [0.1, 0.15) is 12.5 Å². The maximum atomic E-state index is 11.6. The van der Waals surface area contributed by atoms with Crippen molar-refractivity contribution in [1.82, 2.24) is 9.47 Å². The van der Waals surface area contributed by atoms with Gasteiger partial charge in [0.25, 0.3) is 5.91 Å². The number of hydrogen-bond acceptors (Lipinski definition) is 5. The van der Waals surface area contributed by atoms with E-state index in [0.717, 1.165) is 21.6 Å². The average Bonchev–Trinajstić information content (AvgIpc) is 3.00. The Hall–Kier alpha value is -2.93. The number of para-hydroxylation sites is 1. The molecule has 0 saturated heterocycles. The van der Waals surface area contributed by atoms with Crippen LogP contribution in [-0.4, -0.2) is 41.8 Å². The summed E-state index contributed by atoms with van der Waals surface area (Å²) >= 11 is 1.61. The van der Waals surface area contributed by atoms with Crippen LogP contribution >= 0.6 is 11.3 Å². The normalized spacial score (nSPS) is 12.4. The Morgan fingerprint density at radius 2 is 1.85 bits per heavy atom. The van der Waals surface area contributed by atoms with Crippen LogP contribution in [0.4, 0.5) is 0 Å². The zero-order chi connectivity index (χ0) is 19.4. The Morgan fingerprint density at radius 1 is 1.15 bits per heavy atom. The molecule has 0 aliphatic heterocycles. The second-order valence-electron chi connectivity index (χ2n) is 6.30. The largest absolute Gasteiger partial charge is 0.484 e. The molecule has 0 aliphatic rings. The van der Waals surface area contributed by atoms with E-state index in [1.807, 2.05) is 54.9 Å². The van der Waals surface area contributed by atoms with Crippen LogP contribution in [0.25, 0.3) is 10.2 Å². The van der Waals surface area contributed by atoms with Gasteiger partial charge in [0.1, 0.15) is 5.75 Å². The summed E-state index contributed by atoms with van der Waals surface area (Å²) < 4.78 is 8.70. The van der Waals surface area contributed by atoms with Gasteiger partial charge in [-0.15, -0.1) is 5.10 Å². The predicted molar refractivity (Wildman–Crippen MR) is 109 cm³/mol. The first-order valence-corrected chi connectivity index (χ1v) is 9.33. The number of fused-ring (bicyclic) bond motifs is 1. The van der Waals surface area contributed by atoms with Crippen LogP contribution < -0.4 is 9.54 Å². The number of nitrogens with zero attached hydrogens (tertiary/aromatic N) is 4. The van der Waals surface area contributed by atoms with E-state index in [2.05, 4.69) is 22.3 Å². The Balaban J connectivity index is 1.76. The monoisotopic (exact) mass is 382 g/mol. The molecular formula is C20H22N4O2S. The number of likely N-dealkylation sites (N-methyl/N-ethyl adjacent to an activating group) is 1. The minimum atomic E-state index is -0.0770. The molecule has 27 heavy (non-hydrogen) atoms. The van der Waals surface area contributed by atoms with E-state index in [0.29, 0.717) is 5.75 Å². The molecule has 7 heteroatoms. The lowest BCUT2D eigenvalue weighted by atomic mass is 10.1. The smallest absolute Gasteiger partial charge is 0.259 e. The standard InChI is InChI=1S/C20H22N4O2S/c1-14(15-9-11-16(12-10-15)26-13-19(25)23(2)3)21-22-20-24(4)17-7-5-6-8-18(17)27-20/h5-12H,13H2,1-4H3/b21-14+,22-20-. The number of amides is 1. The van der Waals surface area contributed by atoms with Gasteiger partial charge >= 0.3 is 0 Å². The van der Waals surface area contributed by atoms with Crippen molar-refractivity contribution in [3.8, 4) is 5.75 Å². The van der Waals surface area contributed by atoms with Crippen molar-refractivity contribution >= 4 is 33.2 Å². The van der Waals surface area contributed by atoms with Gasteiger partial charge < -0.3 is 14.2 Å². The van der Waals surface area contributed by atoms with Crippen LogP contribution in [0.3, 0.4) is 0 Å². The lowest BCUT2D eigenvalue weighted by Crippen LogP contribution is -2.27. The first-order chi connectivity index (χ1) is 13.0. The molecule has 0 fully saturated rings. The van der Waals surface area contributed by atoms with E-state index in [1.165, 1.54) is 9.60 Å². The molecule has 3 rings (SSSR count). The van der Waals surface area contributed by atoms with Gasteiger partial charge in [0.05, 0.1) is 15.9 Å². The molecule has 0 spiro atoms. The summed E-state index contributed by atoms with van der Waals surface area (Å²) in [5.74, 6) is 0.571. The summed E-state index contributed by atoms with van der Waals surface area (Å²) in [7, 11) is 5.40. The van der Waals surface area contributed by atoms with Crippen molar-refractivity contribution in [1.29, 1.82) is 0 Å². The highest BCUT2D eigenvalue weighted by molar-refractivity contribution is 7.16. The summed E-state index contributed by atoms with van der Waals surface area (Å²) in [5, 5.41) is 8.79. The Labute approximate surface area is 162 Å². The van der Waals surface area contributed by atoms with Crippen molar-refractivity contribution < 1.29 is 9.53 Å². The van der Waals surface area contributed by atoms with Gasteiger partial charge in [-0.25, -0.2) is 0 Å². The van der Waals surface area contributed by atoms with Crippen molar-refractivity contribution in [3.63, 3.8) is 0 Å². The minimum Gasteiger partial charge on any atom is -0.484 e. The topological polar surface area (TPSA) is 59.2 Å². The first-order valence-electron chi connectivity index (χ1n) is 8.52. The molecule has 0 N–H and O–H groups in total. The lowest BCUT2D eigenvalue weighted by molar-refractivity contribution is -0.130. The van der Waals surface area contributed by atoms with Crippen LogP contribution in [0, 0.1) is 0 Å². The van der Waals surface area contributed by atoms with Gasteiger partial charge in [0.15, 0.2) is 6.61 Å². The van der Waals surface area contributed by atoms with Gasteiger partial charge in [-0.1, -0.05) is 23.5 Å². The predicted octanol–water partition coefficient (Wildman–Crippen LogP) is 3.03. The number of hydrogen-bond donors (Lipinski definition) is 0. The third-order valence-electron chi connectivity index (χ3n) is 4.13. The highest BCUT2D eigenvalue weighted by atomic mass is 32.1. The SMILES string of the molecule is C/C(=N\N=c1/sc2ccccc2n1C)c1ccc(OCC(=O)N(C)C)cc1. The molecule has 0 radical (unpaired) electrons. The van der Waals surface area contributed by atoms with Crippen LogP contribution in [0.15, 0.2) is 58.7 Å². The number of ether oxygens (including phenoxy) is 1. The first kappa shape index (κ1) is 18.8. The van der Waals surface area contributed by atoms with Gasteiger partial charge in [0.2, 0.25) is 4.80 Å². The van der Waals surface area contributed by atoms with Crippen molar-refractivity contribution in [2.45, 2.75) is 6.92 Å². The van der Waals surface area contributed by atoms with E-state index in [9.17, 15) is 4.79 Å². The number of carbonyl (C=O) groups is 1. The second-order valence-corrected chi connectivity index (χ2v) is 7.31. The van der Waals surface area contributed by atoms with Crippen LogP contribution in [-0.2, 0) is 11.8 Å². The van der Waals surface area contributed by atoms with Gasteiger partial charge in [-0.05, 0) is 48.9 Å². The molecular weight excluding hydrogens is 360 g/mol. The molecule has 1 amide bonds. The molecule has 2 aromatic carbocycles. The fourth-order valence-electron chi connectivity index (χ4n) is 2.42. The Morgan fingerprint density at radius 3 is 2.52 bits per heavy atom. The molecule has 1 heterocycles. The number of benzene rings is 2. The van der Waals surface area contributed by atoms with E-state index < -0.39 is 0 Å². The fourth-order valence-corrected chi connectivity index (χ4v) is 3.39. The maximum Gasteiger partial charge on any atom is 0.259 e. The summed E-state index contributed by atoms with van der Waals surface area (Å²) in [6.07, 6.45) is 0. The zero-order valence-corrected chi connectivity index (χ0v) is 16.7. The second kappa shape index (κ2) is 8.18. The summed E-state index contributed by atoms with van der Waals surface area (Å²) in [6.45, 7) is 1.94. The maximum absolute atomic E-state index is 11.6. The van der Waals surface area contributed by atoms with Gasteiger partial charge in [-0.2, -0.15) is 5.10 Å². The highest BCUT2D eigenvalue weighted by Crippen LogP contribution is 2.16. The van der Waals surface area contributed by atoms with Crippen molar-refractivity contribution in [2.24, 2.45) is 17.3 Å². The van der Waals surface area contributed by atoms with E-state index in [4.69, 9.17) is 4.74 Å². The highest BCUT2D eigenvalue weighted by Gasteiger charge is 2.05. The fraction of sp³-hybridized carbons (Fsp3) is 0.250. The third kappa shape index (κ3) is 4.43. The summed E-state index contributed by atoms with van der Waals surface area (Å²) in [6, 6.07) is 15.7. The van der Waals surface area contributed by atoms with Gasteiger partial charge in [-0.3, -0.25) is 4.79 Å².